The van der Waals surface area contributed by atoms with Crippen LogP contribution in [0.2, 0.25) is 0 Å². The van der Waals surface area contributed by atoms with Gasteiger partial charge < -0.3 is 4.74 Å². The van der Waals surface area contributed by atoms with Gasteiger partial charge in [0.2, 0.25) is 0 Å². The maximum absolute atomic E-state index is 13.1. The molecule has 0 heterocycles. The normalized spacial score (nSPS) is 14.9. The Bertz CT molecular complexity index is 953. The summed E-state index contributed by atoms with van der Waals surface area (Å²) in [6.07, 6.45) is 6.21. The van der Waals surface area contributed by atoms with Crippen molar-refractivity contribution in [2.24, 2.45) is 10.8 Å². The van der Waals surface area contributed by atoms with Gasteiger partial charge in [-0.25, -0.2) is 0 Å². The maximum atomic E-state index is 13.1. The Morgan fingerprint density at radius 2 is 1.30 bits per heavy atom. The number of ketones is 1. The van der Waals surface area contributed by atoms with Crippen LogP contribution in [0, 0.1) is 10.8 Å². The Morgan fingerprint density at radius 3 is 1.80 bits per heavy atom. The predicted octanol–water partition coefficient (Wildman–Crippen LogP) is 7.18. The molecule has 0 N–H and O–H groups in total. The van der Waals surface area contributed by atoms with E-state index in [1.807, 2.05) is 42.5 Å². The largest absolute Gasteiger partial charge is 0.489 e. The van der Waals surface area contributed by atoms with Gasteiger partial charge >= 0.3 is 0 Å². The highest BCUT2D eigenvalue weighted by Gasteiger charge is 2.33. The van der Waals surface area contributed by atoms with E-state index < -0.39 is 0 Å². The lowest BCUT2D eigenvalue weighted by atomic mass is 9.72. The monoisotopic (exact) mass is 400 g/mol. The molecule has 0 atom stereocenters. The number of carbonyl (C=O) groups excluding carboxylic acids is 1. The third kappa shape index (κ3) is 5.38. The summed E-state index contributed by atoms with van der Waals surface area (Å²) in [6, 6.07) is 18.2. The maximum Gasteiger partial charge on any atom is 0.186 e. The minimum Gasteiger partial charge on any atom is -0.489 e. The number of allylic oxidation sites excluding steroid dienone is 5. The summed E-state index contributed by atoms with van der Waals surface area (Å²) in [7, 11) is 0. The zero-order valence-corrected chi connectivity index (χ0v) is 19.0. The van der Waals surface area contributed by atoms with E-state index in [4.69, 9.17) is 4.74 Å². The van der Waals surface area contributed by atoms with E-state index in [-0.39, 0.29) is 16.6 Å². The molecule has 0 saturated heterocycles. The minimum atomic E-state index is -0.198. The third-order valence-corrected chi connectivity index (χ3v) is 5.19. The molecule has 0 amide bonds. The molecule has 2 aromatic rings. The summed E-state index contributed by atoms with van der Waals surface area (Å²) in [5.74, 6) is 1.01. The molecule has 30 heavy (non-hydrogen) atoms. The van der Waals surface area contributed by atoms with Crippen molar-refractivity contribution < 1.29 is 9.53 Å². The Labute approximate surface area is 181 Å². The molecule has 0 bridgehead atoms. The van der Waals surface area contributed by atoms with Gasteiger partial charge in [0.25, 0.3) is 0 Å². The summed E-state index contributed by atoms with van der Waals surface area (Å²) in [6.45, 7) is 13.1. The predicted molar refractivity (Wildman–Crippen MR) is 125 cm³/mol. The van der Waals surface area contributed by atoms with Crippen molar-refractivity contribution >= 4 is 11.9 Å². The first-order valence-corrected chi connectivity index (χ1v) is 10.5. The molecule has 2 aromatic carbocycles. The molecule has 0 saturated carbocycles. The van der Waals surface area contributed by atoms with Gasteiger partial charge in [-0.3, -0.25) is 4.79 Å². The van der Waals surface area contributed by atoms with E-state index in [1.54, 1.807) is 0 Å². The smallest absolute Gasteiger partial charge is 0.186 e. The fraction of sp³-hybridized carbons (Fsp3) is 0.321. The van der Waals surface area contributed by atoms with Crippen molar-refractivity contribution in [2.45, 2.75) is 48.1 Å². The van der Waals surface area contributed by atoms with E-state index >= 15 is 0 Å². The SMILES string of the molecule is CC(C)(C)C1=CC(=Cc2ccc(OCc3ccccc3)cc2)C=C(C(C)(C)C)C1=O. The molecule has 0 fully saturated rings. The van der Waals surface area contributed by atoms with Gasteiger partial charge in [0.15, 0.2) is 5.78 Å². The standard InChI is InChI=1S/C28H32O2/c1-27(2,3)24-17-22(18-25(26(24)29)28(4,5)6)16-20-12-14-23(15-13-20)30-19-21-10-8-7-9-11-21/h7-18H,19H2,1-6H3. The number of carbonyl (C=O) groups is 1. The molecule has 0 aliphatic heterocycles. The van der Waals surface area contributed by atoms with Crippen LogP contribution in [0.25, 0.3) is 6.08 Å². The van der Waals surface area contributed by atoms with Gasteiger partial charge in [0.1, 0.15) is 12.4 Å². The van der Waals surface area contributed by atoms with E-state index in [2.05, 4.69) is 71.9 Å². The second kappa shape index (κ2) is 8.47. The molecular formula is C28H32O2. The van der Waals surface area contributed by atoms with Crippen molar-refractivity contribution in [1.82, 2.24) is 0 Å². The molecule has 1 aliphatic rings. The lowest BCUT2D eigenvalue weighted by Crippen LogP contribution is -2.27. The van der Waals surface area contributed by atoms with Gasteiger partial charge in [0.05, 0.1) is 0 Å². The number of hydrogen-bond donors (Lipinski definition) is 0. The molecule has 0 spiro atoms. The van der Waals surface area contributed by atoms with Crippen LogP contribution in [0.4, 0.5) is 0 Å². The molecule has 3 rings (SSSR count). The quantitative estimate of drug-likeness (QED) is 0.543. The van der Waals surface area contributed by atoms with Crippen molar-refractivity contribution in [3.05, 3.63) is 94.6 Å². The van der Waals surface area contributed by atoms with Crippen LogP contribution in [0.1, 0.15) is 52.7 Å². The van der Waals surface area contributed by atoms with Crippen LogP contribution in [0.3, 0.4) is 0 Å². The molecule has 1 aliphatic carbocycles. The van der Waals surface area contributed by atoms with Crippen molar-refractivity contribution in [1.29, 1.82) is 0 Å². The zero-order chi connectivity index (χ0) is 21.9. The topological polar surface area (TPSA) is 26.3 Å². The summed E-state index contributed by atoms with van der Waals surface area (Å²) in [4.78, 5) is 13.1. The molecule has 156 valence electrons. The molecule has 0 unspecified atom stereocenters. The van der Waals surface area contributed by atoms with E-state index in [9.17, 15) is 4.79 Å². The van der Waals surface area contributed by atoms with Crippen LogP contribution >= 0.6 is 0 Å². The zero-order valence-electron chi connectivity index (χ0n) is 19.0. The average Bonchev–Trinajstić information content (AvgIpc) is 2.68. The molecule has 2 nitrogen and oxygen atoms in total. The Morgan fingerprint density at radius 1 is 0.767 bits per heavy atom. The van der Waals surface area contributed by atoms with Crippen molar-refractivity contribution in [3.63, 3.8) is 0 Å². The minimum absolute atomic E-state index is 0.164. The fourth-order valence-electron chi connectivity index (χ4n) is 3.44. The first kappa shape index (κ1) is 21.8. The second-order valence-corrected chi connectivity index (χ2v) is 9.93. The van der Waals surface area contributed by atoms with Crippen LogP contribution in [-0.4, -0.2) is 5.78 Å². The first-order chi connectivity index (χ1) is 14.0. The average molecular weight is 401 g/mol. The summed E-state index contributed by atoms with van der Waals surface area (Å²) >= 11 is 0. The number of Topliss-reactive ketones (excluding diaryl/α,β-unsaturated/α-hetero) is 1. The first-order valence-electron chi connectivity index (χ1n) is 10.5. The fourth-order valence-corrected chi connectivity index (χ4v) is 3.44. The van der Waals surface area contributed by atoms with Gasteiger partial charge in [-0.05, 0) is 57.9 Å². The molecule has 0 radical (unpaired) electrons. The second-order valence-electron chi connectivity index (χ2n) is 9.93. The van der Waals surface area contributed by atoms with Crippen molar-refractivity contribution in [3.8, 4) is 5.75 Å². The van der Waals surface area contributed by atoms with Crippen LogP contribution < -0.4 is 4.74 Å². The van der Waals surface area contributed by atoms with E-state index in [0.29, 0.717) is 6.61 Å². The molecular weight excluding hydrogens is 368 g/mol. The van der Waals surface area contributed by atoms with Gasteiger partial charge in [-0.2, -0.15) is 0 Å². The van der Waals surface area contributed by atoms with Crippen molar-refractivity contribution in [2.75, 3.05) is 0 Å². The van der Waals surface area contributed by atoms with Crippen LogP contribution in [0.15, 0.2) is 83.5 Å². The molecule has 0 aromatic heterocycles. The summed E-state index contributed by atoms with van der Waals surface area (Å²) in [5, 5.41) is 0. The highest BCUT2D eigenvalue weighted by Crippen LogP contribution is 2.39. The third-order valence-electron chi connectivity index (χ3n) is 5.19. The van der Waals surface area contributed by atoms with Crippen LogP contribution in [-0.2, 0) is 11.4 Å². The Hall–Kier alpha value is -2.87. The number of hydrogen-bond acceptors (Lipinski definition) is 2. The van der Waals surface area contributed by atoms with Gasteiger partial charge in [-0.15, -0.1) is 0 Å². The van der Waals surface area contributed by atoms with Crippen LogP contribution in [0.5, 0.6) is 5.75 Å². The highest BCUT2D eigenvalue weighted by atomic mass is 16.5. The Balaban J connectivity index is 1.84. The highest BCUT2D eigenvalue weighted by molar-refractivity contribution is 6.12. The number of ether oxygens (including phenoxy) is 1. The van der Waals surface area contributed by atoms with Gasteiger partial charge in [0, 0.05) is 11.1 Å². The Kier molecular flexibility index (Phi) is 6.17. The lowest BCUT2D eigenvalue weighted by molar-refractivity contribution is -0.114. The number of rotatable bonds is 4. The van der Waals surface area contributed by atoms with E-state index in [1.165, 1.54) is 0 Å². The summed E-state index contributed by atoms with van der Waals surface area (Å²) in [5.41, 5.74) is 4.62. The molecule has 2 heteroatoms. The van der Waals surface area contributed by atoms with Gasteiger partial charge in [-0.1, -0.05) is 84.0 Å². The number of benzene rings is 2. The lowest BCUT2D eigenvalue weighted by Gasteiger charge is -2.31. The summed E-state index contributed by atoms with van der Waals surface area (Å²) < 4.78 is 5.89. The van der Waals surface area contributed by atoms with E-state index in [0.717, 1.165) is 33.6 Å².